The summed E-state index contributed by atoms with van der Waals surface area (Å²) in [6.07, 6.45) is -4.70. The Kier molecular flexibility index (Phi) is 3.63. The lowest BCUT2D eigenvalue weighted by Crippen LogP contribution is -2.49. The van der Waals surface area contributed by atoms with Crippen LogP contribution in [0, 0.1) is 0 Å². The van der Waals surface area contributed by atoms with Crippen LogP contribution in [-0.2, 0) is 17.9 Å². The van der Waals surface area contributed by atoms with Gasteiger partial charge in [-0.3, -0.25) is 9.69 Å². The second kappa shape index (κ2) is 5.24. The summed E-state index contributed by atoms with van der Waals surface area (Å²) in [6, 6.07) is 6.94. The Labute approximate surface area is 138 Å². The van der Waals surface area contributed by atoms with Crippen molar-refractivity contribution in [1.82, 2.24) is 4.90 Å². The smallest absolute Gasteiger partial charge is 0.300 e. The van der Waals surface area contributed by atoms with E-state index >= 15 is 4.39 Å². The molecule has 0 fully saturated rings. The lowest BCUT2D eigenvalue weighted by molar-refractivity contribution is -0.203. The summed E-state index contributed by atoms with van der Waals surface area (Å²) in [4.78, 5) is 12.4. The molecule has 2 aromatic carbocycles. The highest BCUT2D eigenvalue weighted by Crippen LogP contribution is 2.54. The maximum absolute atomic E-state index is 15.5. The molecule has 2 nitrogen and oxygen atoms in total. The highest BCUT2D eigenvalue weighted by molar-refractivity contribution is 5.99. The molecule has 0 aliphatic carbocycles. The molecule has 25 heavy (non-hydrogen) atoms. The number of hydrogen-bond acceptors (Lipinski definition) is 1. The van der Waals surface area contributed by atoms with Crippen molar-refractivity contribution in [2.24, 2.45) is 0 Å². The maximum atomic E-state index is 15.5. The number of halogens is 6. The molecule has 1 aliphatic heterocycles. The summed E-state index contributed by atoms with van der Waals surface area (Å²) in [5, 5.41) is 0. The Hall–Kier alpha value is -2.51. The van der Waals surface area contributed by atoms with Crippen LogP contribution in [0.5, 0.6) is 0 Å². The summed E-state index contributed by atoms with van der Waals surface area (Å²) < 4.78 is 83.1. The first-order valence-electron chi connectivity index (χ1n) is 7.13. The van der Waals surface area contributed by atoms with Gasteiger partial charge in [-0.05, 0) is 18.2 Å². The highest BCUT2D eigenvalue weighted by atomic mass is 19.4. The van der Waals surface area contributed by atoms with Crippen molar-refractivity contribution >= 4 is 5.91 Å². The molecular weight excluding hydrogens is 348 g/mol. The zero-order valence-corrected chi connectivity index (χ0v) is 12.7. The predicted molar refractivity (Wildman–Crippen MR) is 76.7 cm³/mol. The number of alkyl halides is 6. The molecule has 1 unspecified atom stereocenters. The lowest BCUT2D eigenvalue weighted by atomic mass is 9.91. The molecular formula is C17H11F6NO. The minimum atomic E-state index is -4.70. The standard InChI is InChI=1S/C17H11F6NO/c1-24-14(25)12-4-2-3-5-13(12)16(24,20)15(18,19)10-6-8-11(9-7-10)17(21,22)23/h2-9H,1H3. The van der Waals surface area contributed by atoms with Crippen LogP contribution in [0.25, 0.3) is 0 Å². The SMILES string of the molecule is CN1C(=O)c2ccccc2C1(F)C(F)(F)c1ccc(C(F)(F)F)cc1. The Bertz CT molecular complexity index is 830. The van der Waals surface area contributed by atoms with Gasteiger partial charge in [-0.15, -0.1) is 0 Å². The predicted octanol–water partition coefficient (Wildman–Crippen LogP) is 4.71. The van der Waals surface area contributed by atoms with E-state index in [-0.39, 0.29) is 10.5 Å². The summed E-state index contributed by atoms with van der Waals surface area (Å²) >= 11 is 0. The lowest BCUT2D eigenvalue weighted by Gasteiger charge is -2.36. The van der Waals surface area contributed by atoms with E-state index in [0.29, 0.717) is 24.3 Å². The molecule has 0 N–H and O–H groups in total. The first-order chi connectivity index (χ1) is 11.5. The van der Waals surface area contributed by atoms with Crippen molar-refractivity contribution < 1.29 is 31.1 Å². The largest absolute Gasteiger partial charge is 0.416 e. The number of nitrogens with zero attached hydrogens (tertiary/aromatic N) is 1. The first kappa shape index (κ1) is 17.3. The molecule has 0 spiro atoms. The zero-order chi connectivity index (χ0) is 18.6. The quantitative estimate of drug-likeness (QED) is 0.562. The average Bonchev–Trinajstić information content (AvgIpc) is 2.77. The molecule has 0 radical (unpaired) electrons. The molecule has 3 rings (SSSR count). The van der Waals surface area contributed by atoms with Gasteiger partial charge in [0.2, 0.25) is 0 Å². The second-order valence-electron chi connectivity index (χ2n) is 5.68. The molecule has 2 aromatic rings. The van der Waals surface area contributed by atoms with Crippen molar-refractivity contribution in [1.29, 1.82) is 0 Å². The Morgan fingerprint density at radius 1 is 0.880 bits per heavy atom. The van der Waals surface area contributed by atoms with E-state index in [1.807, 2.05) is 0 Å². The van der Waals surface area contributed by atoms with Gasteiger partial charge in [-0.2, -0.15) is 22.0 Å². The molecule has 1 heterocycles. The van der Waals surface area contributed by atoms with Gasteiger partial charge >= 0.3 is 12.1 Å². The summed E-state index contributed by atoms with van der Waals surface area (Å²) in [5.41, 5.74) is -2.82. The van der Waals surface area contributed by atoms with Crippen molar-refractivity contribution in [3.63, 3.8) is 0 Å². The van der Waals surface area contributed by atoms with Crippen molar-refractivity contribution in [3.05, 3.63) is 70.8 Å². The van der Waals surface area contributed by atoms with Crippen LogP contribution in [0.2, 0.25) is 0 Å². The maximum Gasteiger partial charge on any atom is 0.416 e. The fourth-order valence-electron chi connectivity index (χ4n) is 2.90. The molecule has 8 heteroatoms. The molecule has 0 saturated heterocycles. The number of likely N-dealkylation sites (N-methyl/N-ethyl adjacent to an activating group) is 1. The summed E-state index contributed by atoms with van der Waals surface area (Å²) in [5.74, 6) is -8.68. The van der Waals surface area contributed by atoms with Crippen LogP contribution >= 0.6 is 0 Å². The van der Waals surface area contributed by atoms with Crippen LogP contribution in [0.15, 0.2) is 48.5 Å². The molecule has 1 aliphatic rings. The highest BCUT2D eigenvalue weighted by Gasteiger charge is 2.65. The van der Waals surface area contributed by atoms with E-state index in [2.05, 4.69) is 0 Å². The summed E-state index contributed by atoms with van der Waals surface area (Å²) in [7, 11) is 0.889. The fraction of sp³-hybridized carbons (Fsp3) is 0.235. The second-order valence-corrected chi connectivity index (χ2v) is 5.68. The number of rotatable bonds is 2. The van der Waals surface area contributed by atoms with Gasteiger partial charge in [0, 0.05) is 23.7 Å². The molecule has 0 bridgehead atoms. The van der Waals surface area contributed by atoms with Gasteiger partial charge in [0.15, 0.2) is 0 Å². The van der Waals surface area contributed by atoms with Crippen LogP contribution < -0.4 is 0 Å². The fourth-order valence-corrected chi connectivity index (χ4v) is 2.90. The molecule has 1 atom stereocenters. The van der Waals surface area contributed by atoms with E-state index < -0.39 is 40.5 Å². The van der Waals surface area contributed by atoms with Crippen LogP contribution in [-0.4, -0.2) is 17.9 Å². The third-order valence-corrected chi connectivity index (χ3v) is 4.27. The van der Waals surface area contributed by atoms with Gasteiger partial charge in [0.25, 0.3) is 11.7 Å². The van der Waals surface area contributed by atoms with E-state index in [4.69, 9.17) is 0 Å². The number of hydrogen-bond donors (Lipinski definition) is 0. The van der Waals surface area contributed by atoms with Crippen molar-refractivity contribution in [2.75, 3.05) is 7.05 Å². The third-order valence-electron chi connectivity index (χ3n) is 4.27. The topological polar surface area (TPSA) is 20.3 Å². The van der Waals surface area contributed by atoms with Gasteiger partial charge in [-0.1, -0.05) is 30.3 Å². The van der Waals surface area contributed by atoms with E-state index in [1.165, 1.54) is 18.2 Å². The summed E-state index contributed by atoms with van der Waals surface area (Å²) in [6.45, 7) is 0. The van der Waals surface area contributed by atoms with Gasteiger partial charge in [0.05, 0.1) is 5.56 Å². The number of fused-ring (bicyclic) bond motifs is 1. The zero-order valence-electron chi connectivity index (χ0n) is 12.7. The van der Waals surface area contributed by atoms with E-state index in [0.717, 1.165) is 13.1 Å². The third kappa shape index (κ3) is 2.31. The number of amides is 1. The molecule has 132 valence electrons. The normalized spacial score (nSPS) is 20.8. The van der Waals surface area contributed by atoms with Gasteiger partial charge < -0.3 is 0 Å². The molecule has 0 saturated carbocycles. The first-order valence-corrected chi connectivity index (χ1v) is 7.13. The average molecular weight is 359 g/mol. The minimum Gasteiger partial charge on any atom is -0.300 e. The van der Waals surface area contributed by atoms with Crippen LogP contribution in [0.3, 0.4) is 0 Å². The number of carbonyl (C=O) groups excluding carboxylic acids is 1. The monoisotopic (exact) mass is 359 g/mol. The van der Waals surface area contributed by atoms with E-state index in [9.17, 15) is 26.7 Å². The molecule has 1 amide bonds. The van der Waals surface area contributed by atoms with Gasteiger partial charge in [-0.25, -0.2) is 4.39 Å². The number of benzene rings is 2. The van der Waals surface area contributed by atoms with E-state index in [1.54, 1.807) is 0 Å². The Morgan fingerprint density at radius 2 is 1.40 bits per heavy atom. The Morgan fingerprint density at radius 3 is 1.96 bits per heavy atom. The van der Waals surface area contributed by atoms with Crippen molar-refractivity contribution in [3.8, 4) is 0 Å². The van der Waals surface area contributed by atoms with Crippen molar-refractivity contribution in [2.45, 2.75) is 17.9 Å². The van der Waals surface area contributed by atoms with Crippen LogP contribution in [0.4, 0.5) is 26.3 Å². The van der Waals surface area contributed by atoms with Gasteiger partial charge in [0.1, 0.15) is 0 Å². The Balaban J connectivity index is 2.12. The molecule has 0 aromatic heterocycles. The van der Waals surface area contributed by atoms with Crippen LogP contribution in [0.1, 0.15) is 27.0 Å². The number of carbonyl (C=O) groups is 1. The minimum absolute atomic E-state index is 0.209.